The van der Waals surface area contributed by atoms with Gasteiger partial charge in [-0.1, -0.05) is 0 Å². The van der Waals surface area contributed by atoms with E-state index in [2.05, 4.69) is 0 Å². The second-order valence-electron chi connectivity index (χ2n) is 5.93. The summed E-state index contributed by atoms with van der Waals surface area (Å²) in [5.74, 6) is 2.53. The molecule has 1 amide bonds. The van der Waals surface area contributed by atoms with E-state index in [-0.39, 0.29) is 11.9 Å². The van der Waals surface area contributed by atoms with Gasteiger partial charge in [-0.05, 0) is 37.1 Å². The number of benzene rings is 1. The molecule has 0 saturated carbocycles. The third-order valence-electron chi connectivity index (χ3n) is 4.54. The van der Waals surface area contributed by atoms with Crippen molar-refractivity contribution in [3.8, 4) is 11.5 Å². The van der Waals surface area contributed by atoms with E-state index in [9.17, 15) is 4.79 Å². The van der Waals surface area contributed by atoms with E-state index in [0.717, 1.165) is 42.2 Å². The monoisotopic (exact) mass is 329 g/mol. The van der Waals surface area contributed by atoms with Crippen LogP contribution >= 0.6 is 0 Å². The van der Waals surface area contributed by atoms with E-state index in [0.29, 0.717) is 12.8 Å². The Balaban J connectivity index is 1.74. The number of methoxy groups -OCH3 is 2. The number of aryl methyl sites for hydroxylation is 1. The van der Waals surface area contributed by atoms with Crippen molar-refractivity contribution in [2.45, 2.75) is 31.7 Å². The van der Waals surface area contributed by atoms with E-state index < -0.39 is 0 Å². The molecule has 128 valence electrons. The molecular weight excluding hydrogens is 306 g/mol. The van der Waals surface area contributed by atoms with Crippen LogP contribution < -0.4 is 9.47 Å². The molecule has 1 aliphatic heterocycles. The molecule has 0 N–H and O–H groups in total. The van der Waals surface area contributed by atoms with Crippen LogP contribution in [0.25, 0.3) is 0 Å². The molecule has 5 heteroatoms. The number of ether oxygens (including phenoxy) is 2. The average Bonchev–Trinajstić information content (AvgIpc) is 3.30. The molecule has 0 aliphatic carbocycles. The minimum absolute atomic E-state index is 0.0648. The Morgan fingerprint density at radius 3 is 2.88 bits per heavy atom. The zero-order chi connectivity index (χ0) is 16.9. The Labute approximate surface area is 142 Å². The quantitative estimate of drug-likeness (QED) is 0.812. The lowest BCUT2D eigenvalue weighted by atomic mass is 10.0. The van der Waals surface area contributed by atoms with Gasteiger partial charge in [-0.15, -0.1) is 0 Å². The van der Waals surface area contributed by atoms with Crippen LogP contribution in [0.15, 0.2) is 41.0 Å². The van der Waals surface area contributed by atoms with Crippen molar-refractivity contribution >= 4 is 5.91 Å². The van der Waals surface area contributed by atoms with Crippen molar-refractivity contribution in [1.82, 2.24) is 4.90 Å². The van der Waals surface area contributed by atoms with E-state index in [1.807, 2.05) is 35.2 Å². The van der Waals surface area contributed by atoms with Gasteiger partial charge in [0.25, 0.3) is 0 Å². The van der Waals surface area contributed by atoms with E-state index in [1.165, 1.54) is 0 Å². The Kier molecular flexibility index (Phi) is 5.08. The molecule has 0 radical (unpaired) electrons. The number of rotatable bonds is 6. The van der Waals surface area contributed by atoms with Gasteiger partial charge < -0.3 is 18.8 Å². The van der Waals surface area contributed by atoms with Gasteiger partial charge in [0.15, 0.2) is 0 Å². The molecule has 3 rings (SSSR count). The number of amides is 1. The molecule has 2 heterocycles. The van der Waals surface area contributed by atoms with Crippen molar-refractivity contribution in [2.75, 3.05) is 20.8 Å². The highest BCUT2D eigenvalue weighted by Gasteiger charge is 2.31. The lowest BCUT2D eigenvalue weighted by Crippen LogP contribution is -2.30. The molecule has 1 fully saturated rings. The maximum Gasteiger partial charge on any atom is 0.223 e. The highest BCUT2D eigenvalue weighted by Crippen LogP contribution is 2.39. The van der Waals surface area contributed by atoms with Crippen LogP contribution in [0.5, 0.6) is 11.5 Å². The molecule has 1 aliphatic rings. The second kappa shape index (κ2) is 7.43. The van der Waals surface area contributed by atoms with Crippen LogP contribution in [0.3, 0.4) is 0 Å². The van der Waals surface area contributed by atoms with Crippen LogP contribution in [0, 0.1) is 0 Å². The minimum Gasteiger partial charge on any atom is -0.497 e. The van der Waals surface area contributed by atoms with Crippen LogP contribution in [-0.2, 0) is 11.2 Å². The third kappa shape index (κ3) is 3.40. The summed E-state index contributed by atoms with van der Waals surface area (Å²) >= 11 is 0. The van der Waals surface area contributed by atoms with Gasteiger partial charge in [0.2, 0.25) is 5.91 Å². The summed E-state index contributed by atoms with van der Waals surface area (Å²) in [5.41, 5.74) is 1.04. The normalized spacial score (nSPS) is 17.1. The van der Waals surface area contributed by atoms with E-state index >= 15 is 0 Å². The zero-order valence-electron chi connectivity index (χ0n) is 14.2. The van der Waals surface area contributed by atoms with E-state index in [4.69, 9.17) is 13.9 Å². The van der Waals surface area contributed by atoms with Gasteiger partial charge in [0.05, 0.1) is 26.5 Å². The molecule has 1 aromatic carbocycles. The second-order valence-corrected chi connectivity index (χ2v) is 5.93. The third-order valence-corrected chi connectivity index (χ3v) is 4.54. The Bertz CT molecular complexity index is 681. The lowest BCUT2D eigenvalue weighted by Gasteiger charge is -2.26. The van der Waals surface area contributed by atoms with Gasteiger partial charge >= 0.3 is 0 Å². The molecule has 24 heavy (non-hydrogen) atoms. The van der Waals surface area contributed by atoms with Crippen LogP contribution in [-0.4, -0.2) is 31.6 Å². The summed E-state index contributed by atoms with van der Waals surface area (Å²) in [7, 11) is 3.28. The van der Waals surface area contributed by atoms with Crippen molar-refractivity contribution < 1.29 is 18.7 Å². The number of carbonyl (C=O) groups is 1. The molecule has 1 saturated heterocycles. The molecule has 0 spiro atoms. The maximum atomic E-state index is 12.7. The molecular formula is C19H23NO4. The number of carbonyl (C=O) groups excluding carboxylic acids is 1. The van der Waals surface area contributed by atoms with Crippen molar-refractivity contribution in [3.63, 3.8) is 0 Å². The largest absolute Gasteiger partial charge is 0.497 e. The van der Waals surface area contributed by atoms with Crippen LogP contribution in [0.2, 0.25) is 0 Å². The predicted octanol–water partition coefficient (Wildman–Crippen LogP) is 3.59. The van der Waals surface area contributed by atoms with Gasteiger partial charge in [-0.2, -0.15) is 0 Å². The Morgan fingerprint density at radius 1 is 1.29 bits per heavy atom. The van der Waals surface area contributed by atoms with Gasteiger partial charge in [0.1, 0.15) is 17.3 Å². The fourth-order valence-electron chi connectivity index (χ4n) is 3.31. The minimum atomic E-state index is 0.0648. The van der Waals surface area contributed by atoms with Gasteiger partial charge in [-0.3, -0.25) is 4.79 Å². The molecule has 5 nitrogen and oxygen atoms in total. The van der Waals surface area contributed by atoms with Crippen molar-refractivity contribution in [2.24, 2.45) is 0 Å². The standard InChI is InChI=1S/C19H23NO4/c1-22-15-7-9-16(18(13-15)23-2)17-6-3-11-20(17)19(21)10-8-14-5-4-12-24-14/h4-5,7,9,12-13,17H,3,6,8,10-11H2,1-2H3. The first-order valence-electron chi connectivity index (χ1n) is 8.26. The highest BCUT2D eigenvalue weighted by molar-refractivity contribution is 5.77. The zero-order valence-corrected chi connectivity index (χ0v) is 14.2. The van der Waals surface area contributed by atoms with Gasteiger partial charge in [0, 0.05) is 31.0 Å². The summed E-state index contributed by atoms with van der Waals surface area (Å²) in [4.78, 5) is 14.6. The number of hydrogen-bond donors (Lipinski definition) is 0. The Morgan fingerprint density at radius 2 is 2.17 bits per heavy atom. The molecule has 1 unspecified atom stereocenters. The first kappa shape index (κ1) is 16.4. The summed E-state index contributed by atoms with van der Waals surface area (Å²) in [6, 6.07) is 9.61. The first-order valence-corrected chi connectivity index (χ1v) is 8.26. The average molecular weight is 329 g/mol. The summed E-state index contributed by atoms with van der Waals surface area (Å²) < 4.78 is 16.1. The number of likely N-dealkylation sites (tertiary alicyclic amines) is 1. The number of hydrogen-bond acceptors (Lipinski definition) is 4. The van der Waals surface area contributed by atoms with Crippen molar-refractivity contribution in [1.29, 1.82) is 0 Å². The smallest absolute Gasteiger partial charge is 0.223 e. The summed E-state index contributed by atoms with van der Waals surface area (Å²) in [5, 5.41) is 0. The Hall–Kier alpha value is -2.43. The predicted molar refractivity (Wildman–Crippen MR) is 90.3 cm³/mol. The summed E-state index contributed by atoms with van der Waals surface area (Å²) in [6.07, 6.45) is 4.69. The molecule has 1 aromatic heterocycles. The fourth-order valence-corrected chi connectivity index (χ4v) is 3.31. The SMILES string of the molecule is COc1ccc(C2CCCN2C(=O)CCc2ccco2)c(OC)c1. The van der Waals surface area contributed by atoms with Crippen molar-refractivity contribution in [3.05, 3.63) is 47.9 Å². The van der Waals surface area contributed by atoms with Gasteiger partial charge in [-0.25, -0.2) is 0 Å². The first-order chi connectivity index (χ1) is 11.7. The maximum absolute atomic E-state index is 12.7. The summed E-state index contributed by atoms with van der Waals surface area (Å²) in [6.45, 7) is 0.789. The number of furan rings is 1. The molecule has 0 bridgehead atoms. The molecule has 1 atom stereocenters. The highest BCUT2D eigenvalue weighted by atomic mass is 16.5. The van der Waals surface area contributed by atoms with Crippen LogP contribution in [0.1, 0.15) is 36.6 Å². The van der Waals surface area contributed by atoms with Crippen LogP contribution in [0.4, 0.5) is 0 Å². The molecule has 2 aromatic rings. The lowest BCUT2D eigenvalue weighted by molar-refractivity contribution is -0.132. The van der Waals surface area contributed by atoms with E-state index in [1.54, 1.807) is 20.5 Å². The topological polar surface area (TPSA) is 51.9 Å². The number of nitrogens with zero attached hydrogens (tertiary/aromatic N) is 1. The fraction of sp³-hybridized carbons (Fsp3) is 0.421.